The zero-order valence-corrected chi connectivity index (χ0v) is 10.2. The molecule has 0 aliphatic carbocycles. The van der Waals surface area contributed by atoms with E-state index in [1.54, 1.807) is 26.0 Å². The number of nitrogens with one attached hydrogen (secondary N) is 1. The minimum absolute atomic E-state index is 0.0832. The van der Waals surface area contributed by atoms with Crippen LogP contribution in [0.5, 0.6) is 0 Å². The summed E-state index contributed by atoms with van der Waals surface area (Å²) >= 11 is 0. The third-order valence-corrected chi connectivity index (χ3v) is 2.80. The topological polar surface area (TPSA) is 56.0 Å². The Morgan fingerprint density at radius 1 is 1.44 bits per heavy atom. The Balaban J connectivity index is 2.93. The highest BCUT2D eigenvalue weighted by Crippen LogP contribution is 2.20. The minimum atomic E-state index is -0.797. The molecule has 0 aromatic heterocycles. The van der Waals surface area contributed by atoms with Crippen molar-refractivity contribution in [3.05, 3.63) is 29.3 Å². The van der Waals surface area contributed by atoms with Gasteiger partial charge in [0, 0.05) is 5.69 Å². The first-order chi connectivity index (χ1) is 7.34. The number of rotatable bonds is 3. The van der Waals surface area contributed by atoms with Crippen LogP contribution in [0.2, 0.25) is 0 Å². The fraction of sp³-hybridized carbons (Fsp3) is 0.462. The highest BCUT2D eigenvalue weighted by atomic mass is 16.3. The molecule has 3 heteroatoms. The molecular weight excluding hydrogens is 200 g/mol. The number of nitriles is 1. The second-order valence-corrected chi connectivity index (χ2v) is 4.66. The highest BCUT2D eigenvalue weighted by Gasteiger charge is 2.22. The van der Waals surface area contributed by atoms with Gasteiger partial charge in [-0.2, -0.15) is 5.26 Å². The van der Waals surface area contributed by atoms with Gasteiger partial charge in [-0.25, -0.2) is 0 Å². The maximum atomic E-state index is 9.84. The quantitative estimate of drug-likeness (QED) is 0.819. The maximum absolute atomic E-state index is 9.84. The van der Waals surface area contributed by atoms with Gasteiger partial charge >= 0.3 is 0 Å². The molecular formula is C13H18N2O. The molecule has 0 aliphatic heterocycles. The summed E-state index contributed by atoms with van der Waals surface area (Å²) in [6.45, 7) is 7.40. The largest absolute Gasteiger partial charge is 0.388 e. The summed E-state index contributed by atoms with van der Waals surface area (Å²) in [6, 6.07) is 7.51. The van der Waals surface area contributed by atoms with Crippen molar-refractivity contribution in [2.75, 3.05) is 5.32 Å². The van der Waals surface area contributed by atoms with Gasteiger partial charge in [0.15, 0.2) is 0 Å². The highest BCUT2D eigenvalue weighted by molar-refractivity contribution is 5.55. The normalized spacial score (nSPS) is 13.0. The fourth-order valence-electron chi connectivity index (χ4n) is 1.26. The molecule has 16 heavy (non-hydrogen) atoms. The average Bonchev–Trinajstić information content (AvgIpc) is 2.19. The Hall–Kier alpha value is -1.53. The monoisotopic (exact) mass is 218 g/mol. The number of anilines is 1. The van der Waals surface area contributed by atoms with Crippen LogP contribution in [0.25, 0.3) is 0 Å². The van der Waals surface area contributed by atoms with Gasteiger partial charge in [-0.3, -0.25) is 0 Å². The fourth-order valence-corrected chi connectivity index (χ4v) is 1.26. The number of hydrogen-bond donors (Lipinski definition) is 2. The summed E-state index contributed by atoms with van der Waals surface area (Å²) in [6.07, 6.45) is 0. The van der Waals surface area contributed by atoms with E-state index in [9.17, 15) is 5.11 Å². The molecule has 0 saturated carbocycles. The summed E-state index contributed by atoms with van der Waals surface area (Å²) in [4.78, 5) is 0. The number of benzene rings is 1. The third kappa shape index (κ3) is 2.98. The van der Waals surface area contributed by atoms with E-state index in [2.05, 4.69) is 11.4 Å². The van der Waals surface area contributed by atoms with Gasteiger partial charge in [-0.05, 0) is 45.4 Å². The van der Waals surface area contributed by atoms with E-state index in [0.29, 0.717) is 5.56 Å². The average molecular weight is 218 g/mol. The summed E-state index contributed by atoms with van der Waals surface area (Å²) in [7, 11) is 0. The Morgan fingerprint density at radius 2 is 2.06 bits per heavy atom. The molecule has 0 spiro atoms. The van der Waals surface area contributed by atoms with Crippen molar-refractivity contribution in [1.82, 2.24) is 0 Å². The van der Waals surface area contributed by atoms with Crippen molar-refractivity contribution in [2.45, 2.75) is 39.3 Å². The van der Waals surface area contributed by atoms with Crippen LogP contribution in [0.15, 0.2) is 18.2 Å². The molecule has 0 fully saturated rings. The second-order valence-electron chi connectivity index (χ2n) is 4.66. The molecule has 1 rings (SSSR count). The van der Waals surface area contributed by atoms with Gasteiger partial charge in [0.25, 0.3) is 0 Å². The van der Waals surface area contributed by atoms with E-state index in [0.717, 1.165) is 11.3 Å². The van der Waals surface area contributed by atoms with E-state index in [1.807, 2.05) is 19.9 Å². The minimum Gasteiger partial charge on any atom is -0.388 e. The molecule has 3 nitrogen and oxygen atoms in total. The summed E-state index contributed by atoms with van der Waals surface area (Å²) in [5, 5.41) is 21.9. The van der Waals surface area contributed by atoms with Crippen LogP contribution in [-0.2, 0) is 0 Å². The maximum Gasteiger partial charge on any atom is 0.0992 e. The molecule has 1 unspecified atom stereocenters. The molecule has 0 bridgehead atoms. The molecule has 0 amide bonds. The first-order valence-electron chi connectivity index (χ1n) is 5.34. The van der Waals surface area contributed by atoms with Gasteiger partial charge in [0.1, 0.15) is 0 Å². The van der Waals surface area contributed by atoms with E-state index in [1.165, 1.54) is 0 Å². The lowest BCUT2D eigenvalue weighted by Crippen LogP contribution is -2.39. The van der Waals surface area contributed by atoms with Gasteiger partial charge in [0.2, 0.25) is 0 Å². The standard InChI is InChI=1S/C13H18N2O/c1-9-5-6-11(8-14)7-12(9)15-10(2)13(3,4)16/h5-7,10,15-16H,1-4H3. The Kier molecular flexibility index (Phi) is 3.56. The van der Waals surface area contributed by atoms with E-state index >= 15 is 0 Å². The first-order valence-corrected chi connectivity index (χ1v) is 5.34. The lowest BCUT2D eigenvalue weighted by Gasteiger charge is -2.28. The molecule has 2 N–H and O–H groups in total. The van der Waals surface area contributed by atoms with Crippen molar-refractivity contribution in [3.8, 4) is 6.07 Å². The predicted molar refractivity (Wildman–Crippen MR) is 65.3 cm³/mol. The summed E-state index contributed by atoms with van der Waals surface area (Å²) in [5.74, 6) is 0. The van der Waals surface area contributed by atoms with Crippen molar-refractivity contribution in [2.24, 2.45) is 0 Å². The van der Waals surface area contributed by atoms with E-state index < -0.39 is 5.60 Å². The lowest BCUT2D eigenvalue weighted by atomic mass is 10.00. The van der Waals surface area contributed by atoms with Crippen molar-refractivity contribution >= 4 is 5.69 Å². The molecule has 0 saturated heterocycles. The lowest BCUT2D eigenvalue weighted by molar-refractivity contribution is 0.0649. The van der Waals surface area contributed by atoms with Gasteiger partial charge in [0.05, 0.1) is 23.3 Å². The van der Waals surface area contributed by atoms with Crippen molar-refractivity contribution < 1.29 is 5.11 Å². The molecule has 1 aromatic rings. The zero-order chi connectivity index (χ0) is 12.3. The summed E-state index contributed by atoms with van der Waals surface area (Å²) < 4.78 is 0. The first kappa shape index (κ1) is 12.5. The van der Waals surface area contributed by atoms with E-state index in [-0.39, 0.29) is 6.04 Å². The molecule has 0 heterocycles. The number of nitrogens with zero attached hydrogens (tertiary/aromatic N) is 1. The van der Waals surface area contributed by atoms with E-state index in [4.69, 9.17) is 5.26 Å². The number of hydrogen-bond acceptors (Lipinski definition) is 3. The second kappa shape index (κ2) is 4.54. The van der Waals surface area contributed by atoms with Crippen LogP contribution in [0.4, 0.5) is 5.69 Å². The SMILES string of the molecule is Cc1ccc(C#N)cc1NC(C)C(C)(C)O. The molecule has 0 aliphatic rings. The predicted octanol–water partition coefficient (Wildman–Crippen LogP) is 2.44. The third-order valence-electron chi connectivity index (χ3n) is 2.80. The van der Waals surface area contributed by atoms with Crippen molar-refractivity contribution in [3.63, 3.8) is 0 Å². The molecule has 0 radical (unpaired) electrons. The van der Waals surface area contributed by atoms with Crippen molar-refractivity contribution in [1.29, 1.82) is 5.26 Å². The van der Waals surface area contributed by atoms with Crippen LogP contribution >= 0.6 is 0 Å². The van der Waals surface area contributed by atoms with Gasteiger partial charge < -0.3 is 10.4 Å². The summed E-state index contributed by atoms with van der Waals surface area (Å²) in [5.41, 5.74) is 1.79. The Bertz CT molecular complexity index is 413. The number of aliphatic hydroxyl groups is 1. The zero-order valence-electron chi connectivity index (χ0n) is 10.2. The van der Waals surface area contributed by atoms with Gasteiger partial charge in [-0.1, -0.05) is 6.07 Å². The number of aryl methyl sites for hydroxylation is 1. The molecule has 86 valence electrons. The van der Waals surface area contributed by atoms with Crippen LogP contribution < -0.4 is 5.32 Å². The van der Waals surface area contributed by atoms with Crippen LogP contribution in [-0.4, -0.2) is 16.7 Å². The molecule has 1 aromatic carbocycles. The molecule has 1 atom stereocenters. The van der Waals surface area contributed by atoms with Crippen LogP contribution in [0.3, 0.4) is 0 Å². The Labute approximate surface area is 96.7 Å². The smallest absolute Gasteiger partial charge is 0.0992 e. The Morgan fingerprint density at radius 3 is 2.56 bits per heavy atom. The van der Waals surface area contributed by atoms with Gasteiger partial charge in [-0.15, -0.1) is 0 Å². The van der Waals surface area contributed by atoms with Crippen LogP contribution in [0, 0.1) is 18.3 Å². The van der Waals surface area contributed by atoms with Crippen LogP contribution in [0.1, 0.15) is 31.9 Å².